The van der Waals surface area contributed by atoms with Crippen LogP contribution in [0.25, 0.3) is 0 Å². The monoisotopic (exact) mass is 263 g/mol. The molecule has 0 bridgehead atoms. The predicted octanol–water partition coefficient (Wildman–Crippen LogP) is 1.50. The Hall–Kier alpha value is -1.75. The number of anilines is 2. The summed E-state index contributed by atoms with van der Waals surface area (Å²) in [5.74, 6) is -0.978. The molecule has 1 aliphatic rings. The van der Waals surface area contributed by atoms with Crippen LogP contribution in [-0.2, 0) is 0 Å². The van der Waals surface area contributed by atoms with E-state index in [9.17, 15) is 4.79 Å². The average Bonchev–Trinajstić information content (AvgIpc) is 2.38. The molecule has 0 unspecified atom stereocenters. The van der Waals surface area contributed by atoms with Gasteiger partial charge in [0.25, 0.3) is 0 Å². The van der Waals surface area contributed by atoms with Crippen LogP contribution in [0, 0.1) is 0 Å². The predicted molar refractivity (Wildman–Crippen MR) is 76.7 cm³/mol. The Balaban J connectivity index is 2.08. The van der Waals surface area contributed by atoms with Gasteiger partial charge in [0.15, 0.2) is 0 Å². The molecule has 0 spiro atoms. The fourth-order valence-electron chi connectivity index (χ4n) is 2.44. The van der Waals surface area contributed by atoms with Crippen molar-refractivity contribution in [2.75, 3.05) is 36.8 Å². The van der Waals surface area contributed by atoms with Crippen molar-refractivity contribution in [1.82, 2.24) is 4.90 Å². The minimum absolute atomic E-state index is 0.171. The van der Waals surface area contributed by atoms with Gasteiger partial charge in [0.05, 0.1) is 5.56 Å². The molecule has 104 valence electrons. The fourth-order valence-corrected chi connectivity index (χ4v) is 2.44. The number of nitrogens with zero attached hydrogens (tertiary/aromatic N) is 2. The summed E-state index contributed by atoms with van der Waals surface area (Å²) >= 11 is 0. The van der Waals surface area contributed by atoms with Gasteiger partial charge in [-0.15, -0.1) is 0 Å². The number of nitrogen functional groups attached to an aromatic ring is 1. The van der Waals surface area contributed by atoms with Crippen LogP contribution in [-0.4, -0.2) is 48.2 Å². The molecule has 1 heterocycles. The van der Waals surface area contributed by atoms with Crippen LogP contribution in [0.1, 0.15) is 24.2 Å². The number of hydrogen-bond acceptors (Lipinski definition) is 4. The van der Waals surface area contributed by atoms with Crippen LogP contribution >= 0.6 is 0 Å². The Labute approximate surface area is 113 Å². The summed E-state index contributed by atoms with van der Waals surface area (Å²) < 4.78 is 0. The number of benzene rings is 1. The molecule has 0 radical (unpaired) electrons. The third kappa shape index (κ3) is 2.98. The van der Waals surface area contributed by atoms with Gasteiger partial charge in [-0.3, -0.25) is 4.90 Å². The second kappa shape index (κ2) is 5.48. The first-order valence-corrected chi connectivity index (χ1v) is 6.61. The zero-order valence-corrected chi connectivity index (χ0v) is 11.5. The molecule has 1 fully saturated rings. The standard InChI is InChI=1S/C14H21N3O2/c1-10(2)16-5-7-17(8-6-16)11-3-4-12(14(18)19)13(15)9-11/h3-4,9-10H,5-8,15H2,1-2H3,(H,18,19). The second-order valence-corrected chi connectivity index (χ2v) is 5.19. The molecule has 5 nitrogen and oxygen atoms in total. The number of carbonyl (C=O) groups is 1. The maximum Gasteiger partial charge on any atom is 0.337 e. The van der Waals surface area contributed by atoms with Gasteiger partial charge in [0.1, 0.15) is 0 Å². The fraction of sp³-hybridized carbons (Fsp3) is 0.500. The van der Waals surface area contributed by atoms with Gasteiger partial charge in [-0.2, -0.15) is 0 Å². The highest BCUT2D eigenvalue weighted by atomic mass is 16.4. The van der Waals surface area contributed by atoms with Gasteiger partial charge in [-0.1, -0.05) is 0 Å². The number of piperazine rings is 1. The summed E-state index contributed by atoms with van der Waals surface area (Å²) in [5, 5.41) is 8.96. The van der Waals surface area contributed by atoms with Crippen LogP contribution < -0.4 is 10.6 Å². The summed E-state index contributed by atoms with van der Waals surface area (Å²) in [4.78, 5) is 15.6. The average molecular weight is 263 g/mol. The van der Waals surface area contributed by atoms with E-state index in [0.29, 0.717) is 11.7 Å². The Bertz CT molecular complexity index is 466. The molecule has 0 aliphatic carbocycles. The highest BCUT2D eigenvalue weighted by Crippen LogP contribution is 2.23. The largest absolute Gasteiger partial charge is 0.478 e. The molecule has 1 saturated heterocycles. The van der Waals surface area contributed by atoms with Gasteiger partial charge in [-0.05, 0) is 32.0 Å². The van der Waals surface area contributed by atoms with E-state index in [1.54, 1.807) is 12.1 Å². The smallest absolute Gasteiger partial charge is 0.337 e. The number of carboxylic acid groups (broad SMARTS) is 1. The van der Waals surface area contributed by atoms with E-state index in [1.165, 1.54) is 0 Å². The first-order valence-electron chi connectivity index (χ1n) is 6.61. The molecule has 2 rings (SSSR count). The summed E-state index contributed by atoms with van der Waals surface area (Å²) in [6, 6.07) is 5.75. The summed E-state index contributed by atoms with van der Waals surface area (Å²) in [7, 11) is 0. The molecular formula is C14H21N3O2. The molecule has 1 aromatic carbocycles. The molecule has 3 N–H and O–H groups in total. The quantitative estimate of drug-likeness (QED) is 0.809. The lowest BCUT2D eigenvalue weighted by atomic mass is 10.1. The van der Waals surface area contributed by atoms with E-state index in [0.717, 1.165) is 31.9 Å². The lowest BCUT2D eigenvalue weighted by molar-refractivity contribution is 0.0698. The van der Waals surface area contributed by atoms with Crippen molar-refractivity contribution in [2.45, 2.75) is 19.9 Å². The molecule has 0 saturated carbocycles. The van der Waals surface area contributed by atoms with E-state index < -0.39 is 5.97 Å². The number of aromatic carboxylic acids is 1. The van der Waals surface area contributed by atoms with Crippen molar-refractivity contribution in [2.24, 2.45) is 0 Å². The van der Waals surface area contributed by atoms with Gasteiger partial charge in [0.2, 0.25) is 0 Å². The third-order valence-electron chi connectivity index (χ3n) is 3.68. The van der Waals surface area contributed by atoms with Crippen molar-refractivity contribution in [3.63, 3.8) is 0 Å². The van der Waals surface area contributed by atoms with Gasteiger partial charge in [-0.25, -0.2) is 4.79 Å². The second-order valence-electron chi connectivity index (χ2n) is 5.19. The lowest BCUT2D eigenvalue weighted by Crippen LogP contribution is -2.48. The number of rotatable bonds is 3. The Morgan fingerprint density at radius 2 is 1.89 bits per heavy atom. The van der Waals surface area contributed by atoms with Crippen molar-refractivity contribution in [3.05, 3.63) is 23.8 Å². The number of hydrogen-bond donors (Lipinski definition) is 2. The molecule has 1 aromatic rings. The van der Waals surface area contributed by atoms with Crippen LogP contribution in [0.5, 0.6) is 0 Å². The van der Waals surface area contributed by atoms with Crippen LogP contribution in [0.3, 0.4) is 0 Å². The highest BCUT2D eigenvalue weighted by molar-refractivity contribution is 5.94. The molecule has 1 aliphatic heterocycles. The third-order valence-corrected chi connectivity index (χ3v) is 3.68. The lowest BCUT2D eigenvalue weighted by Gasteiger charge is -2.38. The first-order chi connectivity index (χ1) is 8.99. The van der Waals surface area contributed by atoms with Gasteiger partial charge in [0, 0.05) is 43.6 Å². The molecular weight excluding hydrogens is 242 g/mol. The van der Waals surface area contributed by atoms with Crippen LogP contribution in [0.15, 0.2) is 18.2 Å². The topological polar surface area (TPSA) is 69.8 Å². The van der Waals surface area contributed by atoms with E-state index >= 15 is 0 Å². The summed E-state index contributed by atoms with van der Waals surface area (Å²) in [6.07, 6.45) is 0. The molecule has 0 amide bonds. The Morgan fingerprint density at radius 1 is 1.26 bits per heavy atom. The maximum atomic E-state index is 10.9. The zero-order valence-electron chi connectivity index (χ0n) is 11.5. The highest BCUT2D eigenvalue weighted by Gasteiger charge is 2.19. The van der Waals surface area contributed by atoms with Crippen LogP contribution in [0.2, 0.25) is 0 Å². The number of carboxylic acids is 1. The Kier molecular flexibility index (Phi) is 3.95. The van der Waals surface area contributed by atoms with Crippen molar-refractivity contribution >= 4 is 17.3 Å². The van der Waals surface area contributed by atoms with E-state index in [-0.39, 0.29) is 5.56 Å². The van der Waals surface area contributed by atoms with E-state index in [1.807, 2.05) is 6.07 Å². The van der Waals surface area contributed by atoms with E-state index in [2.05, 4.69) is 23.6 Å². The van der Waals surface area contributed by atoms with Crippen molar-refractivity contribution in [3.8, 4) is 0 Å². The molecule has 19 heavy (non-hydrogen) atoms. The van der Waals surface area contributed by atoms with E-state index in [4.69, 9.17) is 10.8 Å². The van der Waals surface area contributed by atoms with Crippen LogP contribution in [0.4, 0.5) is 11.4 Å². The minimum Gasteiger partial charge on any atom is -0.478 e. The molecule has 0 aromatic heterocycles. The van der Waals surface area contributed by atoms with Crippen molar-refractivity contribution < 1.29 is 9.90 Å². The van der Waals surface area contributed by atoms with Gasteiger partial charge >= 0.3 is 5.97 Å². The summed E-state index contributed by atoms with van der Waals surface area (Å²) in [5.41, 5.74) is 7.29. The summed E-state index contributed by atoms with van der Waals surface area (Å²) in [6.45, 7) is 8.36. The normalized spacial score (nSPS) is 16.9. The maximum absolute atomic E-state index is 10.9. The Morgan fingerprint density at radius 3 is 2.37 bits per heavy atom. The minimum atomic E-state index is -0.978. The molecule has 5 heteroatoms. The molecule has 0 atom stereocenters. The zero-order chi connectivity index (χ0) is 14.0. The first kappa shape index (κ1) is 13.7. The van der Waals surface area contributed by atoms with Gasteiger partial charge < -0.3 is 15.7 Å². The SMILES string of the molecule is CC(C)N1CCN(c2ccc(C(=O)O)c(N)c2)CC1. The number of nitrogens with two attached hydrogens (primary N) is 1. The van der Waals surface area contributed by atoms with Crippen molar-refractivity contribution in [1.29, 1.82) is 0 Å².